The Hall–Kier alpha value is -3.06. The van der Waals surface area contributed by atoms with Crippen LogP contribution < -0.4 is 14.8 Å². The first-order valence-corrected chi connectivity index (χ1v) is 10.2. The lowest BCUT2D eigenvalue weighted by Crippen LogP contribution is -2.63. The highest BCUT2D eigenvalue weighted by atomic mass is 16.5. The summed E-state index contributed by atoms with van der Waals surface area (Å²) < 4.78 is 11.1. The zero-order valence-corrected chi connectivity index (χ0v) is 17.2. The molecule has 1 aliphatic heterocycles. The molecule has 3 rings (SSSR count). The van der Waals surface area contributed by atoms with Crippen LogP contribution in [0.15, 0.2) is 54.6 Å². The van der Waals surface area contributed by atoms with Crippen molar-refractivity contribution in [3.8, 4) is 11.5 Å². The molecule has 2 aromatic rings. The number of aliphatic carboxylic acids is 1. The van der Waals surface area contributed by atoms with E-state index in [1.54, 1.807) is 18.2 Å². The van der Waals surface area contributed by atoms with Crippen molar-refractivity contribution in [3.05, 3.63) is 60.2 Å². The van der Waals surface area contributed by atoms with Gasteiger partial charge in [0.05, 0.1) is 6.61 Å². The van der Waals surface area contributed by atoms with Gasteiger partial charge in [-0.15, -0.1) is 0 Å². The molecule has 1 fully saturated rings. The number of carboxylic acid groups (broad SMARTS) is 1. The Bertz CT molecular complexity index is 858. The summed E-state index contributed by atoms with van der Waals surface area (Å²) in [6.45, 7) is 3.74. The highest BCUT2D eigenvalue weighted by Crippen LogP contribution is 2.27. The molecule has 1 aliphatic rings. The highest BCUT2D eigenvalue weighted by molar-refractivity contribution is 5.88. The standard InChI is InChI=1S/C23H28N2O5/c1-2-29-19-11-6-7-12-20(19)30-16-21(26)24-23(22(27)28)13-8-14-25(17-23)15-18-9-4-3-5-10-18/h3-7,9-12H,2,8,13-17H2,1H3,(H,24,26)(H,27,28). The molecule has 2 aromatic carbocycles. The summed E-state index contributed by atoms with van der Waals surface area (Å²) in [4.78, 5) is 26.8. The summed E-state index contributed by atoms with van der Waals surface area (Å²) in [6.07, 6.45) is 1.07. The molecule has 0 spiro atoms. The molecule has 1 unspecified atom stereocenters. The molecule has 2 N–H and O–H groups in total. The summed E-state index contributed by atoms with van der Waals surface area (Å²) in [5.41, 5.74) is -0.215. The van der Waals surface area contributed by atoms with Gasteiger partial charge < -0.3 is 19.9 Å². The lowest BCUT2D eigenvalue weighted by atomic mass is 9.88. The molecule has 1 amide bonds. The number of likely N-dealkylation sites (tertiary alicyclic amines) is 1. The number of nitrogens with one attached hydrogen (secondary N) is 1. The second-order valence-electron chi connectivity index (χ2n) is 7.40. The molecule has 0 bridgehead atoms. The van der Waals surface area contributed by atoms with Crippen molar-refractivity contribution < 1.29 is 24.2 Å². The number of rotatable bonds is 9. The molecule has 0 aliphatic carbocycles. The van der Waals surface area contributed by atoms with E-state index in [0.717, 1.165) is 12.1 Å². The number of ether oxygens (including phenoxy) is 2. The van der Waals surface area contributed by atoms with Crippen LogP contribution in [0.3, 0.4) is 0 Å². The lowest BCUT2D eigenvalue weighted by Gasteiger charge is -2.40. The lowest BCUT2D eigenvalue weighted by molar-refractivity contribution is -0.151. The zero-order valence-electron chi connectivity index (χ0n) is 17.2. The number of amides is 1. The number of hydrogen-bond donors (Lipinski definition) is 2. The first kappa shape index (κ1) is 21.6. The van der Waals surface area contributed by atoms with Gasteiger partial charge in [-0.1, -0.05) is 42.5 Å². The fourth-order valence-corrected chi connectivity index (χ4v) is 3.74. The number of carbonyl (C=O) groups is 2. The van der Waals surface area contributed by atoms with Gasteiger partial charge in [0.1, 0.15) is 0 Å². The summed E-state index contributed by atoms with van der Waals surface area (Å²) in [5.74, 6) is -0.491. The van der Waals surface area contributed by atoms with E-state index in [9.17, 15) is 14.7 Å². The van der Waals surface area contributed by atoms with Crippen molar-refractivity contribution >= 4 is 11.9 Å². The summed E-state index contributed by atoms with van der Waals surface area (Å²) in [7, 11) is 0. The van der Waals surface area contributed by atoms with Crippen LogP contribution in [-0.2, 0) is 16.1 Å². The van der Waals surface area contributed by atoms with Gasteiger partial charge in [-0.3, -0.25) is 9.69 Å². The predicted octanol–water partition coefficient (Wildman–Crippen LogP) is 2.70. The van der Waals surface area contributed by atoms with Gasteiger partial charge in [-0.05, 0) is 44.0 Å². The Morgan fingerprint density at radius 2 is 1.73 bits per heavy atom. The third-order valence-electron chi connectivity index (χ3n) is 5.12. The predicted molar refractivity (Wildman–Crippen MR) is 113 cm³/mol. The van der Waals surface area contributed by atoms with Crippen LogP contribution in [0.1, 0.15) is 25.3 Å². The molecule has 1 atom stereocenters. The van der Waals surface area contributed by atoms with E-state index < -0.39 is 17.4 Å². The van der Waals surface area contributed by atoms with Crippen LogP contribution in [0.2, 0.25) is 0 Å². The van der Waals surface area contributed by atoms with Gasteiger partial charge in [-0.2, -0.15) is 0 Å². The molecule has 1 heterocycles. The van der Waals surface area contributed by atoms with Gasteiger partial charge in [0.25, 0.3) is 5.91 Å². The normalized spacial score (nSPS) is 19.1. The van der Waals surface area contributed by atoms with Crippen molar-refractivity contribution in [1.29, 1.82) is 0 Å². The molecule has 160 valence electrons. The van der Waals surface area contributed by atoms with Crippen LogP contribution in [0, 0.1) is 0 Å². The highest BCUT2D eigenvalue weighted by Gasteiger charge is 2.43. The molecule has 7 heteroatoms. The minimum Gasteiger partial charge on any atom is -0.490 e. The van der Waals surface area contributed by atoms with Crippen LogP contribution in [-0.4, -0.2) is 53.7 Å². The summed E-state index contributed by atoms with van der Waals surface area (Å²) in [6, 6.07) is 17.0. The number of para-hydroxylation sites is 2. The van der Waals surface area contributed by atoms with Crippen LogP contribution in [0.4, 0.5) is 0 Å². The number of benzene rings is 2. The van der Waals surface area contributed by atoms with E-state index in [1.807, 2.05) is 43.3 Å². The van der Waals surface area contributed by atoms with Gasteiger partial charge >= 0.3 is 5.97 Å². The molecule has 1 saturated heterocycles. The van der Waals surface area contributed by atoms with Gasteiger partial charge in [-0.25, -0.2) is 4.79 Å². The average molecular weight is 412 g/mol. The minimum atomic E-state index is -1.33. The minimum absolute atomic E-state index is 0.249. The first-order chi connectivity index (χ1) is 14.5. The Morgan fingerprint density at radius 3 is 2.40 bits per heavy atom. The number of carbonyl (C=O) groups excluding carboxylic acids is 1. The molecule has 0 saturated carbocycles. The fourth-order valence-electron chi connectivity index (χ4n) is 3.74. The van der Waals surface area contributed by atoms with Gasteiger partial charge in [0, 0.05) is 13.1 Å². The quantitative estimate of drug-likeness (QED) is 0.658. The van der Waals surface area contributed by atoms with E-state index in [0.29, 0.717) is 37.5 Å². The molecule has 30 heavy (non-hydrogen) atoms. The summed E-state index contributed by atoms with van der Waals surface area (Å²) in [5, 5.41) is 12.6. The maximum Gasteiger partial charge on any atom is 0.330 e. The average Bonchev–Trinajstić information content (AvgIpc) is 2.74. The van der Waals surface area contributed by atoms with E-state index in [2.05, 4.69) is 10.2 Å². The van der Waals surface area contributed by atoms with E-state index in [1.165, 1.54) is 0 Å². The van der Waals surface area contributed by atoms with E-state index in [4.69, 9.17) is 9.47 Å². The Kier molecular flexibility index (Phi) is 7.30. The maximum absolute atomic E-state index is 12.6. The molecule has 0 aromatic heterocycles. The van der Waals surface area contributed by atoms with Crippen molar-refractivity contribution in [2.45, 2.75) is 31.8 Å². The fraction of sp³-hybridized carbons (Fsp3) is 0.391. The van der Waals surface area contributed by atoms with Crippen molar-refractivity contribution in [2.75, 3.05) is 26.3 Å². The van der Waals surface area contributed by atoms with E-state index >= 15 is 0 Å². The first-order valence-electron chi connectivity index (χ1n) is 10.2. The smallest absolute Gasteiger partial charge is 0.330 e. The number of hydrogen-bond acceptors (Lipinski definition) is 5. The van der Waals surface area contributed by atoms with Gasteiger partial charge in [0.2, 0.25) is 0 Å². The second kappa shape index (κ2) is 10.1. The molecular weight excluding hydrogens is 384 g/mol. The van der Waals surface area contributed by atoms with Crippen LogP contribution in [0.25, 0.3) is 0 Å². The maximum atomic E-state index is 12.6. The molecular formula is C23H28N2O5. The summed E-state index contributed by atoms with van der Waals surface area (Å²) >= 11 is 0. The zero-order chi connectivity index (χ0) is 21.4. The molecule has 7 nitrogen and oxygen atoms in total. The number of nitrogens with zero attached hydrogens (tertiary/aromatic N) is 1. The van der Waals surface area contributed by atoms with Crippen LogP contribution in [0.5, 0.6) is 11.5 Å². The second-order valence-corrected chi connectivity index (χ2v) is 7.40. The third-order valence-corrected chi connectivity index (χ3v) is 5.12. The number of piperidine rings is 1. The molecule has 0 radical (unpaired) electrons. The largest absolute Gasteiger partial charge is 0.490 e. The third kappa shape index (κ3) is 5.51. The SMILES string of the molecule is CCOc1ccccc1OCC(=O)NC1(C(=O)O)CCCN(Cc2ccccc2)C1. The van der Waals surface area contributed by atoms with Crippen molar-refractivity contribution in [1.82, 2.24) is 10.2 Å². The Balaban J connectivity index is 1.63. The van der Waals surface area contributed by atoms with Gasteiger partial charge in [0.15, 0.2) is 23.6 Å². The Morgan fingerprint density at radius 1 is 1.07 bits per heavy atom. The topological polar surface area (TPSA) is 88.1 Å². The monoisotopic (exact) mass is 412 g/mol. The van der Waals surface area contributed by atoms with E-state index in [-0.39, 0.29) is 13.2 Å². The van der Waals surface area contributed by atoms with Crippen LogP contribution >= 0.6 is 0 Å². The van der Waals surface area contributed by atoms with Crippen molar-refractivity contribution in [2.24, 2.45) is 0 Å². The number of carboxylic acids is 1. The van der Waals surface area contributed by atoms with Crippen molar-refractivity contribution in [3.63, 3.8) is 0 Å². The Labute approximate surface area is 176 Å².